The fourth-order valence-corrected chi connectivity index (χ4v) is 2.11. The van der Waals surface area contributed by atoms with E-state index in [2.05, 4.69) is 5.32 Å². The fourth-order valence-electron chi connectivity index (χ4n) is 2.11. The van der Waals surface area contributed by atoms with Gasteiger partial charge >= 0.3 is 5.97 Å². The summed E-state index contributed by atoms with van der Waals surface area (Å²) in [7, 11) is 1.50. The molecule has 6 nitrogen and oxygen atoms in total. The number of carbonyl (C=O) groups is 2. The van der Waals surface area contributed by atoms with Crippen LogP contribution in [0, 0.1) is 0 Å². The monoisotopic (exact) mass is 323 g/mol. The first-order chi connectivity index (χ1) is 11.0. The Balaban J connectivity index is 2.59. The number of ether oxygens (including phenoxy) is 3. The van der Waals surface area contributed by atoms with Crippen molar-refractivity contribution in [2.24, 2.45) is 0 Å². The van der Waals surface area contributed by atoms with E-state index in [-0.39, 0.29) is 18.6 Å². The van der Waals surface area contributed by atoms with Gasteiger partial charge in [0.25, 0.3) is 5.91 Å². The number of hydrogen-bond donors (Lipinski definition) is 1. The predicted octanol–water partition coefficient (Wildman–Crippen LogP) is 2.56. The van der Waals surface area contributed by atoms with Crippen LogP contribution >= 0.6 is 0 Å². The van der Waals surface area contributed by atoms with Crippen LogP contribution in [0.3, 0.4) is 0 Å². The van der Waals surface area contributed by atoms with E-state index in [0.717, 1.165) is 12.8 Å². The van der Waals surface area contributed by atoms with E-state index >= 15 is 0 Å². The van der Waals surface area contributed by atoms with Crippen molar-refractivity contribution in [3.63, 3.8) is 0 Å². The first-order valence-corrected chi connectivity index (χ1v) is 7.79. The highest BCUT2D eigenvalue weighted by atomic mass is 16.5. The number of benzene rings is 1. The summed E-state index contributed by atoms with van der Waals surface area (Å²) in [6.45, 7) is 6.01. The van der Waals surface area contributed by atoms with Crippen LogP contribution in [0.2, 0.25) is 0 Å². The molecular weight excluding hydrogens is 298 g/mol. The lowest BCUT2D eigenvalue weighted by atomic mass is 10.2. The maximum Gasteiger partial charge on any atom is 0.338 e. The van der Waals surface area contributed by atoms with Crippen LogP contribution in [-0.4, -0.2) is 38.2 Å². The second-order valence-electron chi connectivity index (χ2n) is 5.13. The lowest BCUT2D eigenvalue weighted by Crippen LogP contribution is -2.35. The van der Waals surface area contributed by atoms with Gasteiger partial charge in [-0.1, -0.05) is 13.3 Å². The van der Waals surface area contributed by atoms with E-state index in [1.165, 1.54) is 13.2 Å². The van der Waals surface area contributed by atoms with Crippen LogP contribution in [0.5, 0.6) is 11.5 Å². The summed E-state index contributed by atoms with van der Waals surface area (Å²) < 4.78 is 15.6. The van der Waals surface area contributed by atoms with Gasteiger partial charge in [0.1, 0.15) is 0 Å². The average Bonchev–Trinajstić information content (AvgIpc) is 2.53. The maximum atomic E-state index is 12.0. The smallest absolute Gasteiger partial charge is 0.338 e. The molecule has 1 rings (SSSR count). The van der Waals surface area contributed by atoms with Crippen LogP contribution in [-0.2, 0) is 9.53 Å². The lowest BCUT2D eigenvalue weighted by Gasteiger charge is -2.13. The van der Waals surface area contributed by atoms with E-state index in [1.54, 1.807) is 12.1 Å². The van der Waals surface area contributed by atoms with Crippen LogP contribution < -0.4 is 14.8 Å². The molecule has 23 heavy (non-hydrogen) atoms. The van der Waals surface area contributed by atoms with Gasteiger partial charge in [-0.25, -0.2) is 4.79 Å². The van der Waals surface area contributed by atoms with Gasteiger partial charge in [-0.15, -0.1) is 0 Å². The molecule has 0 fully saturated rings. The van der Waals surface area contributed by atoms with Gasteiger partial charge in [-0.2, -0.15) is 0 Å². The van der Waals surface area contributed by atoms with E-state index in [9.17, 15) is 9.59 Å². The molecule has 0 radical (unpaired) electrons. The highest BCUT2D eigenvalue weighted by Crippen LogP contribution is 2.28. The van der Waals surface area contributed by atoms with Gasteiger partial charge in [0, 0.05) is 6.04 Å². The molecule has 1 amide bonds. The number of esters is 1. The van der Waals surface area contributed by atoms with Gasteiger partial charge in [-0.3, -0.25) is 4.79 Å². The summed E-state index contributed by atoms with van der Waals surface area (Å²) in [5.74, 6) is 0.113. The van der Waals surface area contributed by atoms with Crippen LogP contribution in [0.25, 0.3) is 0 Å². The molecule has 1 atom stereocenters. The third-order valence-corrected chi connectivity index (χ3v) is 3.16. The van der Waals surface area contributed by atoms with Crippen LogP contribution in [0.1, 0.15) is 44.0 Å². The Kier molecular flexibility index (Phi) is 7.94. The summed E-state index contributed by atoms with van der Waals surface area (Å²) in [6.07, 6.45) is 1.86. The van der Waals surface area contributed by atoms with Gasteiger partial charge in [0.2, 0.25) is 0 Å². The maximum absolute atomic E-state index is 12.0. The molecule has 0 saturated carbocycles. The first-order valence-electron chi connectivity index (χ1n) is 7.79. The van der Waals surface area contributed by atoms with Crippen molar-refractivity contribution in [3.05, 3.63) is 23.8 Å². The molecule has 6 heteroatoms. The van der Waals surface area contributed by atoms with Crippen molar-refractivity contribution in [3.8, 4) is 11.5 Å². The molecular formula is C17H25NO5. The Morgan fingerprint density at radius 3 is 2.57 bits per heavy atom. The molecule has 1 aromatic rings. The number of carbonyl (C=O) groups excluding carboxylic acids is 2. The average molecular weight is 323 g/mol. The van der Waals surface area contributed by atoms with E-state index < -0.39 is 5.97 Å². The fraction of sp³-hybridized carbons (Fsp3) is 0.529. The summed E-state index contributed by atoms with van der Waals surface area (Å²) in [5, 5.41) is 2.78. The molecule has 0 aliphatic rings. The Hall–Kier alpha value is -2.24. The van der Waals surface area contributed by atoms with Crippen molar-refractivity contribution in [1.29, 1.82) is 0 Å². The number of rotatable bonds is 9. The van der Waals surface area contributed by atoms with E-state index in [1.807, 2.05) is 20.8 Å². The second kappa shape index (κ2) is 9.71. The van der Waals surface area contributed by atoms with Crippen LogP contribution in [0.4, 0.5) is 0 Å². The van der Waals surface area contributed by atoms with Crippen molar-refractivity contribution in [2.45, 2.75) is 39.7 Å². The topological polar surface area (TPSA) is 73.9 Å². The van der Waals surface area contributed by atoms with Gasteiger partial charge in [-0.05, 0) is 38.5 Å². The van der Waals surface area contributed by atoms with E-state index in [0.29, 0.717) is 23.7 Å². The first kappa shape index (κ1) is 18.8. The van der Waals surface area contributed by atoms with Gasteiger partial charge in [0.05, 0.1) is 19.3 Å². The highest BCUT2D eigenvalue weighted by molar-refractivity contribution is 5.92. The van der Waals surface area contributed by atoms with E-state index in [4.69, 9.17) is 14.2 Å². The minimum Gasteiger partial charge on any atom is -0.493 e. The highest BCUT2D eigenvalue weighted by Gasteiger charge is 2.14. The zero-order chi connectivity index (χ0) is 17.2. The Labute approximate surface area is 137 Å². The van der Waals surface area contributed by atoms with Crippen LogP contribution in [0.15, 0.2) is 18.2 Å². The number of hydrogen-bond acceptors (Lipinski definition) is 5. The Bertz CT molecular complexity index is 530. The number of methoxy groups -OCH3 is 1. The zero-order valence-corrected chi connectivity index (χ0v) is 14.2. The standard InChI is InChI=1S/C17H25NO5/c1-5-7-12(3)18-16(19)11-23-17(20)13-8-9-14(22-6-2)15(10-13)21-4/h8-10,12H,5-7,11H2,1-4H3,(H,18,19)/t12-/m0/s1. The molecule has 0 spiro atoms. The second-order valence-corrected chi connectivity index (χ2v) is 5.13. The molecule has 0 aliphatic heterocycles. The normalized spacial score (nSPS) is 11.5. The SMILES string of the molecule is CCC[C@H](C)NC(=O)COC(=O)c1ccc(OCC)c(OC)c1. The molecule has 1 aromatic carbocycles. The molecule has 0 heterocycles. The summed E-state index contributed by atoms with van der Waals surface area (Å²) >= 11 is 0. The predicted molar refractivity (Wildman–Crippen MR) is 87.0 cm³/mol. The third-order valence-electron chi connectivity index (χ3n) is 3.16. The van der Waals surface area contributed by atoms with Crippen molar-refractivity contribution in [2.75, 3.05) is 20.3 Å². The Morgan fingerprint density at radius 2 is 1.96 bits per heavy atom. The molecule has 0 bridgehead atoms. The summed E-state index contributed by atoms with van der Waals surface area (Å²) in [5.41, 5.74) is 0.305. The third kappa shape index (κ3) is 6.18. The minimum atomic E-state index is -0.579. The minimum absolute atomic E-state index is 0.0665. The number of amides is 1. The molecule has 1 N–H and O–H groups in total. The zero-order valence-electron chi connectivity index (χ0n) is 14.2. The molecule has 0 aliphatic carbocycles. The Morgan fingerprint density at radius 1 is 1.22 bits per heavy atom. The largest absolute Gasteiger partial charge is 0.493 e. The molecule has 0 saturated heterocycles. The number of nitrogens with one attached hydrogen (secondary N) is 1. The van der Waals surface area contributed by atoms with Crippen molar-refractivity contribution < 1.29 is 23.8 Å². The van der Waals surface area contributed by atoms with Crippen molar-refractivity contribution in [1.82, 2.24) is 5.32 Å². The van der Waals surface area contributed by atoms with Crippen molar-refractivity contribution >= 4 is 11.9 Å². The van der Waals surface area contributed by atoms with Gasteiger partial charge in [0.15, 0.2) is 18.1 Å². The molecule has 128 valence electrons. The quantitative estimate of drug-likeness (QED) is 0.707. The molecule has 0 aromatic heterocycles. The summed E-state index contributed by atoms with van der Waals surface area (Å²) in [4.78, 5) is 23.7. The lowest BCUT2D eigenvalue weighted by molar-refractivity contribution is -0.124. The van der Waals surface area contributed by atoms with Gasteiger partial charge < -0.3 is 19.5 Å². The molecule has 0 unspecified atom stereocenters. The summed E-state index contributed by atoms with van der Waals surface area (Å²) in [6, 6.07) is 4.82.